The van der Waals surface area contributed by atoms with Gasteiger partial charge in [0.1, 0.15) is 5.69 Å². The molecule has 0 amide bonds. The highest BCUT2D eigenvalue weighted by Crippen LogP contribution is 2.07. The van der Waals surface area contributed by atoms with Crippen LogP contribution in [0.25, 0.3) is 11.7 Å². The first-order valence-electron chi connectivity index (χ1n) is 7.62. The molecule has 0 aliphatic heterocycles. The molecule has 3 aromatic heterocycles. The molecule has 11 heteroatoms. The second kappa shape index (κ2) is 6.97. The number of hydrogen-bond donors (Lipinski definition) is 3. The smallest absolute Gasteiger partial charge is 0.326 e. The van der Waals surface area contributed by atoms with E-state index >= 15 is 0 Å². The minimum atomic E-state index is -1.39. The first-order valence-corrected chi connectivity index (χ1v) is 9.18. The fraction of sp³-hybridized carbons (Fsp3) is 0.357. The lowest BCUT2D eigenvalue weighted by Crippen LogP contribution is -2.25. The SMILES string of the molecule is CCCCN=c1nc(S(C)=O)nc2c(=Cc3[nH]c(=O)[nH]c3O)cnn12. The molecule has 0 aromatic carbocycles. The number of fused-ring (bicyclic) bond motifs is 1. The van der Waals surface area contributed by atoms with E-state index < -0.39 is 16.5 Å². The molecular weight excluding hydrogens is 346 g/mol. The summed E-state index contributed by atoms with van der Waals surface area (Å²) in [4.78, 5) is 28.8. The van der Waals surface area contributed by atoms with E-state index in [0.29, 0.717) is 23.0 Å². The Hall–Kier alpha value is -2.82. The molecule has 0 aliphatic rings. The van der Waals surface area contributed by atoms with Gasteiger partial charge in [-0.3, -0.25) is 9.19 Å². The average molecular weight is 363 g/mol. The summed E-state index contributed by atoms with van der Waals surface area (Å²) < 4.78 is 13.3. The highest BCUT2D eigenvalue weighted by atomic mass is 32.2. The Morgan fingerprint density at radius 1 is 1.40 bits per heavy atom. The molecule has 3 aromatic rings. The summed E-state index contributed by atoms with van der Waals surface area (Å²) in [6, 6.07) is 0. The zero-order chi connectivity index (χ0) is 18.0. The fourth-order valence-electron chi connectivity index (χ4n) is 2.18. The summed E-state index contributed by atoms with van der Waals surface area (Å²) in [5.74, 6) is -0.287. The fourth-order valence-corrected chi connectivity index (χ4v) is 2.60. The zero-order valence-electron chi connectivity index (χ0n) is 13.7. The molecular formula is C14H17N7O3S. The van der Waals surface area contributed by atoms with Crippen molar-refractivity contribution in [3.05, 3.63) is 33.2 Å². The van der Waals surface area contributed by atoms with E-state index in [1.165, 1.54) is 23.0 Å². The maximum Gasteiger partial charge on any atom is 0.326 e. The molecule has 3 rings (SSSR count). The largest absolute Gasteiger partial charge is 0.493 e. The van der Waals surface area contributed by atoms with Crippen LogP contribution in [-0.2, 0) is 10.8 Å². The summed E-state index contributed by atoms with van der Waals surface area (Å²) in [6.07, 6.45) is 6.39. The molecule has 0 radical (unpaired) electrons. The highest BCUT2D eigenvalue weighted by Gasteiger charge is 2.10. The van der Waals surface area contributed by atoms with Gasteiger partial charge in [-0.15, -0.1) is 0 Å². The minimum absolute atomic E-state index is 0.143. The van der Waals surface area contributed by atoms with Crippen LogP contribution >= 0.6 is 0 Å². The van der Waals surface area contributed by atoms with Gasteiger partial charge in [0.05, 0.1) is 17.0 Å². The Balaban J connectivity index is 2.26. The third kappa shape index (κ3) is 3.50. The average Bonchev–Trinajstić information content (AvgIpc) is 3.11. The van der Waals surface area contributed by atoms with Crippen LogP contribution in [0.2, 0.25) is 0 Å². The monoisotopic (exact) mass is 363 g/mol. The van der Waals surface area contributed by atoms with Gasteiger partial charge < -0.3 is 10.1 Å². The number of nitrogens with one attached hydrogen (secondary N) is 2. The van der Waals surface area contributed by atoms with Gasteiger partial charge in [0, 0.05) is 18.0 Å². The molecule has 1 atom stereocenters. The van der Waals surface area contributed by atoms with Crippen molar-refractivity contribution < 1.29 is 9.32 Å². The number of aromatic nitrogens is 6. The first-order chi connectivity index (χ1) is 12.0. The van der Waals surface area contributed by atoms with E-state index in [1.54, 1.807) is 0 Å². The summed E-state index contributed by atoms with van der Waals surface area (Å²) in [5.41, 5.74) is 0.370. The first kappa shape index (κ1) is 17.0. The van der Waals surface area contributed by atoms with Crippen LogP contribution in [0, 0.1) is 0 Å². The van der Waals surface area contributed by atoms with Gasteiger partial charge in [-0.1, -0.05) is 13.3 Å². The highest BCUT2D eigenvalue weighted by molar-refractivity contribution is 7.84. The number of nitrogens with zero attached hydrogens (tertiary/aromatic N) is 5. The number of aromatic hydroxyl groups is 1. The third-order valence-electron chi connectivity index (χ3n) is 3.41. The van der Waals surface area contributed by atoms with Gasteiger partial charge in [0.2, 0.25) is 16.7 Å². The van der Waals surface area contributed by atoms with Gasteiger partial charge in [0.25, 0.3) is 0 Å². The lowest BCUT2D eigenvalue weighted by atomic mass is 10.3. The number of rotatable bonds is 5. The third-order valence-corrected chi connectivity index (χ3v) is 4.11. The maximum absolute atomic E-state index is 11.8. The summed E-state index contributed by atoms with van der Waals surface area (Å²) in [6.45, 7) is 2.63. The molecule has 0 aliphatic carbocycles. The molecule has 132 valence electrons. The second-order valence-corrected chi connectivity index (χ2v) is 6.59. The lowest BCUT2D eigenvalue weighted by Gasteiger charge is -1.98. The van der Waals surface area contributed by atoms with Crippen LogP contribution < -0.4 is 16.5 Å². The van der Waals surface area contributed by atoms with Crippen molar-refractivity contribution in [3.63, 3.8) is 0 Å². The van der Waals surface area contributed by atoms with Crippen molar-refractivity contribution in [2.75, 3.05) is 12.8 Å². The van der Waals surface area contributed by atoms with E-state index in [-0.39, 0.29) is 16.7 Å². The van der Waals surface area contributed by atoms with Crippen molar-refractivity contribution in [2.45, 2.75) is 24.9 Å². The normalized spacial score (nSPS) is 14.5. The molecule has 0 saturated heterocycles. The lowest BCUT2D eigenvalue weighted by molar-refractivity contribution is 0.454. The molecule has 3 heterocycles. The Kier molecular flexibility index (Phi) is 4.74. The molecule has 0 fully saturated rings. The van der Waals surface area contributed by atoms with Crippen molar-refractivity contribution >= 4 is 22.5 Å². The van der Waals surface area contributed by atoms with Crippen LogP contribution in [0.5, 0.6) is 5.88 Å². The standard InChI is InChI=1S/C14H17N7O3S/c1-3-4-5-15-12-20-14(25(2)24)18-10-8(7-16-21(10)12)6-9-11(22)19-13(23)17-9/h6-7,22H,3-5H2,1-2H3,(H2,17,19,23). The van der Waals surface area contributed by atoms with Gasteiger partial charge >= 0.3 is 5.69 Å². The summed E-state index contributed by atoms with van der Waals surface area (Å²) in [7, 11) is -1.39. The van der Waals surface area contributed by atoms with Crippen molar-refractivity contribution in [1.29, 1.82) is 0 Å². The van der Waals surface area contributed by atoms with Crippen molar-refractivity contribution in [2.24, 2.45) is 4.99 Å². The van der Waals surface area contributed by atoms with Crippen LogP contribution in [0.4, 0.5) is 0 Å². The quantitative estimate of drug-likeness (QED) is 0.488. The van der Waals surface area contributed by atoms with Crippen LogP contribution in [0.3, 0.4) is 0 Å². The van der Waals surface area contributed by atoms with Crippen LogP contribution in [-0.4, -0.2) is 51.7 Å². The van der Waals surface area contributed by atoms with E-state index in [4.69, 9.17) is 0 Å². The molecule has 3 N–H and O–H groups in total. The van der Waals surface area contributed by atoms with Gasteiger partial charge in [-0.25, -0.2) is 9.79 Å². The second-order valence-electron chi connectivity index (χ2n) is 5.32. The number of unbranched alkanes of at least 4 members (excludes halogenated alkanes) is 1. The summed E-state index contributed by atoms with van der Waals surface area (Å²) >= 11 is 0. The zero-order valence-corrected chi connectivity index (χ0v) is 14.5. The molecule has 25 heavy (non-hydrogen) atoms. The topological polar surface area (TPSA) is 141 Å². The predicted octanol–water partition coefficient (Wildman–Crippen LogP) is -1.17. The van der Waals surface area contributed by atoms with E-state index in [9.17, 15) is 14.1 Å². The summed E-state index contributed by atoms with van der Waals surface area (Å²) in [5, 5.41) is 14.6. The number of imidazole rings is 1. The van der Waals surface area contributed by atoms with E-state index in [2.05, 4.69) is 37.0 Å². The van der Waals surface area contributed by atoms with Crippen LogP contribution in [0.15, 0.2) is 21.1 Å². The Morgan fingerprint density at radius 3 is 2.84 bits per heavy atom. The van der Waals surface area contributed by atoms with Crippen molar-refractivity contribution in [3.8, 4) is 5.88 Å². The Morgan fingerprint density at radius 2 is 2.20 bits per heavy atom. The molecule has 10 nitrogen and oxygen atoms in total. The predicted molar refractivity (Wildman–Crippen MR) is 90.3 cm³/mol. The van der Waals surface area contributed by atoms with E-state index in [1.807, 2.05) is 0 Å². The van der Waals surface area contributed by atoms with Crippen molar-refractivity contribution in [1.82, 2.24) is 29.5 Å². The van der Waals surface area contributed by atoms with Gasteiger partial charge in [-0.05, 0) is 12.5 Å². The minimum Gasteiger partial charge on any atom is -0.493 e. The van der Waals surface area contributed by atoms with Crippen LogP contribution in [0.1, 0.15) is 25.5 Å². The molecule has 0 spiro atoms. The Bertz CT molecular complexity index is 1110. The maximum atomic E-state index is 11.8. The molecule has 0 saturated carbocycles. The number of aromatic amines is 2. The van der Waals surface area contributed by atoms with E-state index in [0.717, 1.165) is 12.8 Å². The van der Waals surface area contributed by atoms with Gasteiger partial charge in [-0.2, -0.15) is 19.6 Å². The van der Waals surface area contributed by atoms with Gasteiger partial charge in [0.15, 0.2) is 5.65 Å². The number of H-pyrrole nitrogens is 2. The molecule has 1 unspecified atom stereocenters. The molecule has 0 bridgehead atoms. The Labute approximate surface area is 143 Å². The number of hydrogen-bond acceptors (Lipinski definition) is 7.